The molecule has 166 valence electrons. The molecule has 7 heteroatoms. The monoisotopic (exact) mass is 442 g/mol. The van der Waals surface area contributed by atoms with Gasteiger partial charge in [0.2, 0.25) is 5.91 Å². The number of benzene rings is 2. The topological polar surface area (TPSA) is 76.7 Å². The molecule has 2 amide bonds. The molecule has 6 nitrogen and oxygen atoms in total. The molecular weight excluding hydrogens is 412 g/mol. The van der Waals surface area contributed by atoms with E-state index >= 15 is 0 Å². The predicted octanol–water partition coefficient (Wildman–Crippen LogP) is 3.83. The third-order valence-corrected chi connectivity index (χ3v) is 5.71. The van der Waals surface area contributed by atoms with E-state index in [0.717, 1.165) is 22.6 Å². The molecule has 31 heavy (non-hydrogen) atoms. The average Bonchev–Trinajstić information content (AvgIpc) is 3.03. The average molecular weight is 443 g/mol. The van der Waals surface area contributed by atoms with Crippen molar-refractivity contribution in [1.29, 1.82) is 0 Å². The van der Waals surface area contributed by atoms with Gasteiger partial charge in [-0.05, 0) is 45.9 Å². The Kier molecular flexibility index (Phi) is 7.49. The summed E-state index contributed by atoms with van der Waals surface area (Å²) in [6.07, 6.45) is 0.847. The van der Waals surface area contributed by atoms with Gasteiger partial charge in [0.05, 0.1) is 17.9 Å². The van der Waals surface area contributed by atoms with Crippen LogP contribution in [-0.2, 0) is 11.2 Å². The Labute approximate surface area is 188 Å². The van der Waals surface area contributed by atoms with Crippen LogP contribution in [0.15, 0.2) is 47.4 Å². The molecule has 3 rings (SSSR count). The zero-order valence-electron chi connectivity index (χ0n) is 18.5. The van der Waals surface area contributed by atoms with E-state index in [1.54, 1.807) is 6.07 Å². The minimum Gasteiger partial charge on any atom is -0.488 e. The quantitative estimate of drug-likeness (QED) is 0.456. The van der Waals surface area contributed by atoms with Crippen molar-refractivity contribution in [2.45, 2.75) is 50.7 Å². The highest BCUT2D eigenvalue weighted by Gasteiger charge is 2.32. The molecule has 0 atom stereocenters. The maximum absolute atomic E-state index is 12.7. The molecule has 2 N–H and O–H groups in total. The van der Waals surface area contributed by atoms with Gasteiger partial charge in [0, 0.05) is 22.9 Å². The Morgan fingerprint density at radius 2 is 1.94 bits per heavy atom. The summed E-state index contributed by atoms with van der Waals surface area (Å²) in [6, 6.07) is 13.3. The molecule has 1 aliphatic heterocycles. The van der Waals surface area contributed by atoms with Gasteiger partial charge in [0.1, 0.15) is 12.2 Å². The number of rotatable bonds is 9. The first-order chi connectivity index (χ1) is 14.7. The lowest BCUT2D eigenvalue weighted by atomic mass is 10.0. The van der Waals surface area contributed by atoms with Crippen LogP contribution in [0.25, 0.3) is 0 Å². The van der Waals surface area contributed by atoms with Gasteiger partial charge >= 0.3 is 0 Å². The van der Waals surface area contributed by atoms with Gasteiger partial charge < -0.3 is 20.1 Å². The van der Waals surface area contributed by atoms with Crippen molar-refractivity contribution in [2.24, 2.45) is 0 Å². The van der Waals surface area contributed by atoms with Gasteiger partial charge in [-0.1, -0.05) is 24.3 Å². The summed E-state index contributed by atoms with van der Waals surface area (Å²) in [7, 11) is 0. The summed E-state index contributed by atoms with van der Waals surface area (Å²) < 4.78 is 11.9. The van der Waals surface area contributed by atoms with Gasteiger partial charge in [-0.2, -0.15) is 0 Å². The predicted molar refractivity (Wildman–Crippen MR) is 123 cm³/mol. The molecule has 0 bridgehead atoms. The Morgan fingerprint density at radius 3 is 2.71 bits per heavy atom. The van der Waals surface area contributed by atoms with E-state index in [2.05, 4.69) is 30.5 Å². The molecular formula is C24H30N2O4S. The van der Waals surface area contributed by atoms with Crippen molar-refractivity contribution in [3.8, 4) is 11.5 Å². The van der Waals surface area contributed by atoms with E-state index in [1.165, 1.54) is 11.8 Å². The normalized spacial score (nSPS) is 14.0. The summed E-state index contributed by atoms with van der Waals surface area (Å²) in [4.78, 5) is 25.4. The molecule has 0 fully saturated rings. The van der Waals surface area contributed by atoms with Crippen molar-refractivity contribution in [1.82, 2.24) is 10.6 Å². The number of hydrogen-bond acceptors (Lipinski definition) is 5. The molecule has 2 aromatic rings. The molecule has 0 saturated carbocycles. The van der Waals surface area contributed by atoms with Gasteiger partial charge in [0.25, 0.3) is 5.91 Å². The fourth-order valence-corrected chi connectivity index (χ4v) is 4.27. The number of hydrogen-bond donors (Lipinski definition) is 2. The Morgan fingerprint density at radius 1 is 1.16 bits per heavy atom. The number of nitrogens with one attached hydrogen (secondary N) is 2. The number of carbonyl (C=O) groups is 2. The van der Waals surface area contributed by atoms with Crippen molar-refractivity contribution in [2.75, 3.05) is 18.9 Å². The lowest BCUT2D eigenvalue weighted by Crippen LogP contribution is -2.31. The number of thioether (sulfide) groups is 1. The van der Waals surface area contributed by atoms with Crippen LogP contribution < -0.4 is 20.1 Å². The smallest absolute Gasteiger partial charge is 0.252 e. The van der Waals surface area contributed by atoms with E-state index < -0.39 is 0 Å². The van der Waals surface area contributed by atoms with Crippen molar-refractivity contribution in [3.63, 3.8) is 0 Å². The first-order valence-electron chi connectivity index (χ1n) is 10.5. The second kappa shape index (κ2) is 10.1. The summed E-state index contributed by atoms with van der Waals surface area (Å²) >= 11 is 1.35. The molecule has 1 aliphatic rings. The number of carbonyl (C=O) groups excluding carboxylic acids is 2. The SMILES string of the molecule is CC(C)NC(=O)CSc1ccccc1C(=O)NCCOc1cccc2c1OC(C)(C)C2. The highest BCUT2D eigenvalue weighted by molar-refractivity contribution is 8.00. The minimum atomic E-state index is -0.233. The second-order valence-electron chi connectivity index (χ2n) is 8.39. The largest absolute Gasteiger partial charge is 0.488 e. The second-order valence-corrected chi connectivity index (χ2v) is 9.41. The molecule has 1 heterocycles. The van der Waals surface area contributed by atoms with Gasteiger partial charge in [-0.3, -0.25) is 9.59 Å². The third-order valence-electron chi connectivity index (χ3n) is 4.64. The summed E-state index contributed by atoms with van der Waals surface area (Å²) in [6.45, 7) is 8.64. The van der Waals surface area contributed by atoms with Crippen LogP contribution in [0.2, 0.25) is 0 Å². The number of para-hydroxylation sites is 1. The third kappa shape index (κ3) is 6.40. The fourth-order valence-electron chi connectivity index (χ4n) is 3.41. The van der Waals surface area contributed by atoms with Crippen LogP contribution in [0, 0.1) is 0 Å². The van der Waals surface area contributed by atoms with Crippen LogP contribution in [0.3, 0.4) is 0 Å². The Bertz CT molecular complexity index is 943. The van der Waals surface area contributed by atoms with Crippen LogP contribution in [-0.4, -0.2) is 42.4 Å². The van der Waals surface area contributed by atoms with E-state index in [9.17, 15) is 9.59 Å². The van der Waals surface area contributed by atoms with Crippen molar-refractivity contribution >= 4 is 23.6 Å². The van der Waals surface area contributed by atoms with Crippen LogP contribution in [0.1, 0.15) is 43.6 Å². The molecule has 0 radical (unpaired) electrons. The maximum atomic E-state index is 12.7. The number of ether oxygens (including phenoxy) is 2. The summed E-state index contributed by atoms with van der Waals surface area (Å²) in [5.74, 6) is 1.52. The molecule has 0 aromatic heterocycles. The van der Waals surface area contributed by atoms with Crippen LogP contribution in [0.5, 0.6) is 11.5 Å². The van der Waals surface area contributed by atoms with E-state index in [-0.39, 0.29) is 29.2 Å². The standard InChI is InChI=1S/C24H30N2O4S/c1-16(2)26-21(27)15-31-20-11-6-5-9-18(20)23(28)25-12-13-29-19-10-7-8-17-14-24(3,4)30-22(17)19/h5-11,16H,12-15H2,1-4H3,(H,25,28)(H,26,27). The maximum Gasteiger partial charge on any atom is 0.252 e. The minimum absolute atomic E-state index is 0.0515. The van der Waals surface area contributed by atoms with Gasteiger partial charge in [0.15, 0.2) is 11.5 Å². The summed E-state index contributed by atoms with van der Waals surface area (Å²) in [5.41, 5.74) is 1.46. The highest BCUT2D eigenvalue weighted by Crippen LogP contribution is 2.41. The van der Waals surface area contributed by atoms with Crippen molar-refractivity contribution in [3.05, 3.63) is 53.6 Å². The molecule has 2 aromatic carbocycles. The zero-order valence-corrected chi connectivity index (χ0v) is 19.3. The highest BCUT2D eigenvalue weighted by atomic mass is 32.2. The Hall–Kier alpha value is -2.67. The zero-order chi connectivity index (χ0) is 22.4. The number of amides is 2. The fraction of sp³-hybridized carbons (Fsp3) is 0.417. The summed E-state index contributed by atoms with van der Waals surface area (Å²) in [5, 5.41) is 5.75. The Balaban J connectivity index is 1.51. The number of fused-ring (bicyclic) bond motifs is 1. The van der Waals surface area contributed by atoms with Gasteiger partial charge in [-0.25, -0.2) is 0 Å². The molecule has 0 unspecified atom stereocenters. The van der Waals surface area contributed by atoms with Crippen LogP contribution in [0.4, 0.5) is 0 Å². The van der Waals surface area contributed by atoms with E-state index in [0.29, 0.717) is 24.5 Å². The lowest BCUT2D eigenvalue weighted by molar-refractivity contribution is -0.119. The first-order valence-corrected chi connectivity index (χ1v) is 11.5. The van der Waals surface area contributed by atoms with E-state index in [1.807, 2.05) is 44.2 Å². The van der Waals surface area contributed by atoms with Crippen LogP contribution >= 0.6 is 11.8 Å². The lowest BCUT2D eigenvalue weighted by Gasteiger charge is -2.18. The van der Waals surface area contributed by atoms with Crippen molar-refractivity contribution < 1.29 is 19.1 Å². The molecule has 0 saturated heterocycles. The molecule has 0 aliphatic carbocycles. The molecule has 0 spiro atoms. The first kappa shape index (κ1) is 23.0. The van der Waals surface area contributed by atoms with Gasteiger partial charge in [-0.15, -0.1) is 11.8 Å². The van der Waals surface area contributed by atoms with E-state index in [4.69, 9.17) is 9.47 Å².